The van der Waals surface area contributed by atoms with E-state index in [0.717, 1.165) is 41.4 Å². The standard InChI is InChI=1S/C15H18N2O2S/c1-10-5-6-13-12(8-10)14(18)17(2)15(16-13)20-9-11-4-3-7-19-11/h5-6,8,11H,3-4,7,9H2,1-2H3. The Kier molecular flexibility index (Phi) is 3.81. The number of benzene rings is 1. The molecule has 1 aromatic heterocycles. The van der Waals surface area contributed by atoms with Crippen molar-refractivity contribution >= 4 is 22.7 Å². The normalized spacial score (nSPS) is 18.8. The van der Waals surface area contributed by atoms with Crippen molar-refractivity contribution in [3.05, 3.63) is 34.1 Å². The molecule has 1 aromatic carbocycles. The van der Waals surface area contributed by atoms with Crippen LogP contribution in [0.1, 0.15) is 18.4 Å². The highest BCUT2D eigenvalue weighted by Gasteiger charge is 2.17. The second-order valence-electron chi connectivity index (χ2n) is 5.23. The monoisotopic (exact) mass is 290 g/mol. The molecule has 0 bridgehead atoms. The average molecular weight is 290 g/mol. The van der Waals surface area contributed by atoms with Crippen molar-refractivity contribution in [3.63, 3.8) is 0 Å². The SMILES string of the molecule is Cc1ccc2nc(SCC3CCCO3)n(C)c(=O)c2c1. The highest BCUT2D eigenvalue weighted by molar-refractivity contribution is 7.99. The molecule has 1 fully saturated rings. The van der Waals surface area contributed by atoms with Gasteiger partial charge in [-0.25, -0.2) is 4.98 Å². The van der Waals surface area contributed by atoms with E-state index in [-0.39, 0.29) is 5.56 Å². The third-order valence-corrected chi connectivity index (χ3v) is 4.77. The fourth-order valence-corrected chi connectivity index (χ4v) is 3.47. The molecule has 3 rings (SSSR count). The van der Waals surface area contributed by atoms with Gasteiger partial charge in [-0.3, -0.25) is 9.36 Å². The van der Waals surface area contributed by atoms with E-state index in [1.165, 1.54) is 0 Å². The van der Waals surface area contributed by atoms with Gasteiger partial charge in [-0.15, -0.1) is 0 Å². The van der Waals surface area contributed by atoms with Crippen molar-refractivity contribution < 1.29 is 4.74 Å². The molecule has 5 heteroatoms. The van der Waals surface area contributed by atoms with Crippen LogP contribution in [0.25, 0.3) is 10.9 Å². The van der Waals surface area contributed by atoms with E-state index < -0.39 is 0 Å². The molecule has 2 aromatic rings. The van der Waals surface area contributed by atoms with Crippen LogP contribution in [0.4, 0.5) is 0 Å². The maximum Gasteiger partial charge on any atom is 0.261 e. The fraction of sp³-hybridized carbons (Fsp3) is 0.467. The van der Waals surface area contributed by atoms with Gasteiger partial charge in [0.2, 0.25) is 0 Å². The molecule has 1 aliphatic heterocycles. The van der Waals surface area contributed by atoms with Gasteiger partial charge in [-0.1, -0.05) is 23.4 Å². The van der Waals surface area contributed by atoms with E-state index in [1.54, 1.807) is 23.4 Å². The molecule has 0 radical (unpaired) electrons. The second kappa shape index (κ2) is 5.58. The third kappa shape index (κ3) is 2.60. The number of ether oxygens (including phenoxy) is 1. The summed E-state index contributed by atoms with van der Waals surface area (Å²) in [5, 5.41) is 1.45. The zero-order valence-corrected chi connectivity index (χ0v) is 12.6. The number of hydrogen-bond donors (Lipinski definition) is 0. The molecular weight excluding hydrogens is 272 g/mol. The quantitative estimate of drug-likeness (QED) is 0.643. The van der Waals surface area contributed by atoms with E-state index in [4.69, 9.17) is 4.74 Å². The Morgan fingerprint density at radius 1 is 1.50 bits per heavy atom. The Hall–Kier alpha value is -1.33. The first kappa shape index (κ1) is 13.6. The molecule has 0 N–H and O–H groups in total. The smallest absolute Gasteiger partial charge is 0.261 e. The number of aromatic nitrogens is 2. The summed E-state index contributed by atoms with van der Waals surface area (Å²) in [6.45, 7) is 2.84. The van der Waals surface area contributed by atoms with Gasteiger partial charge in [0.25, 0.3) is 5.56 Å². The van der Waals surface area contributed by atoms with Gasteiger partial charge in [0.15, 0.2) is 5.16 Å². The van der Waals surface area contributed by atoms with Crippen LogP contribution in [0.2, 0.25) is 0 Å². The van der Waals surface area contributed by atoms with E-state index in [0.29, 0.717) is 11.5 Å². The van der Waals surface area contributed by atoms with Gasteiger partial charge in [0.1, 0.15) is 0 Å². The summed E-state index contributed by atoms with van der Waals surface area (Å²) in [6.07, 6.45) is 2.54. The Morgan fingerprint density at radius 3 is 3.10 bits per heavy atom. The molecule has 2 heterocycles. The molecule has 1 atom stereocenters. The Morgan fingerprint density at radius 2 is 2.35 bits per heavy atom. The molecule has 106 valence electrons. The molecule has 1 aliphatic rings. The summed E-state index contributed by atoms with van der Waals surface area (Å²) >= 11 is 1.60. The van der Waals surface area contributed by atoms with Gasteiger partial charge in [-0.2, -0.15) is 0 Å². The second-order valence-corrected chi connectivity index (χ2v) is 6.21. The Bertz CT molecular complexity index is 690. The lowest BCUT2D eigenvalue weighted by molar-refractivity contribution is 0.129. The average Bonchev–Trinajstić information content (AvgIpc) is 2.95. The molecule has 0 aliphatic carbocycles. The highest BCUT2D eigenvalue weighted by Crippen LogP contribution is 2.23. The lowest BCUT2D eigenvalue weighted by Gasteiger charge is -2.11. The van der Waals surface area contributed by atoms with E-state index in [2.05, 4.69) is 4.98 Å². The summed E-state index contributed by atoms with van der Waals surface area (Å²) in [4.78, 5) is 17.0. The number of rotatable bonds is 3. The van der Waals surface area contributed by atoms with Crippen LogP contribution in [-0.2, 0) is 11.8 Å². The zero-order valence-electron chi connectivity index (χ0n) is 11.8. The first-order chi connectivity index (χ1) is 9.65. The van der Waals surface area contributed by atoms with Crippen LogP contribution < -0.4 is 5.56 Å². The lowest BCUT2D eigenvalue weighted by Crippen LogP contribution is -2.21. The minimum absolute atomic E-state index is 0.0218. The first-order valence-electron chi connectivity index (χ1n) is 6.87. The van der Waals surface area contributed by atoms with Crippen LogP contribution in [0.3, 0.4) is 0 Å². The molecular formula is C15H18N2O2S. The van der Waals surface area contributed by atoms with Crippen molar-refractivity contribution in [3.8, 4) is 0 Å². The van der Waals surface area contributed by atoms with Crippen LogP contribution in [-0.4, -0.2) is 28.0 Å². The first-order valence-corrected chi connectivity index (χ1v) is 7.85. The molecule has 1 saturated heterocycles. The van der Waals surface area contributed by atoms with Gasteiger partial charge < -0.3 is 4.74 Å². The highest BCUT2D eigenvalue weighted by atomic mass is 32.2. The van der Waals surface area contributed by atoms with Crippen LogP contribution in [0.5, 0.6) is 0 Å². The lowest BCUT2D eigenvalue weighted by atomic mass is 10.2. The molecule has 0 amide bonds. The number of thioether (sulfide) groups is 1. The summed E-state index contributed by atoms with van der Waals surface area (Å²) in [5.41, 5.74) is 1.87. The third-order valence-electron chi connectivity index (χ3n) is 3.61. The van der Waals surface area contributed by atoms with Crippen molar-refractivity contribution in [1.29, 1.82) is 0 Å². The molecule has 20 heavy (non-hydrogen) atoms. The summed E-state index contributed by atoms with van der Waals surface area (Å²) in [6, 6.07) is 5.81. The minimum atomic E-state index is 0.0218. The largest absolute Gasteiger partial charge is 0.377 e. The van der Waals surface area contributed by atoms with E-state index >= 15 is 0 Å². The minimum Gasteiger partial charge on any atom is -0.377 e. The molecule has 0 saturated carbocycles. The zero-order chi connectivity index (χ0) is 14.1. The van der Waals surface area contributed by atoms with Gasteiger partial charge in [0.05, 0.1) is 17.0 Å². The topological polar surface area (TPSA) is 44.1 Å². The molecule has 1 unspecified atom stereocenters. The maximum absolute atomic E-state index is 12.4. The van der Waals surface area contributed by atoms with Crippen molar-refractivity contribution in [1.82, 2.24) is 9.55 Å². The summed E-state index contributed by atoms with van der Waals surface area (Å²) in [7, 11) is 1.79. The van der Waals surface area contributed by atoms with Crippen LogP contribution in [0, 0.1) is 6.92 Å². The van der Waals surface area contributed by atoms with Gasteiger partial charge >= 0.3 is 0 Å². The number of fused-ring (bicyclic) bond motifs is 1. The molecule has 4 nitrogen and oxygen atoms in total. The maximum atomic E-state index is 12.4. The van der Waals surface area contributed by atoms with Crippen molar-refractivity contribution in [2.24, 2.45) is 7.05 Å². The summed E-state index contributed by atoms with van der Waals surface area (Å²) in [5.74, 6) is 0.859. The van der Waals surface area contributed by atoms with Gasteiger partial charge in [0, 0.05) is 19.4 Å². The Balaban J connectivity index is 1.92. The number of hydrogen-bond acceptors (Lipinski definition) is 4. The number of aryl methyl sites for hydroxylation is 1. The Labute approximate surface area is 122 Å². The van der Waals surface area contributed by atoms with Crippen LogP contribution in [0.15, 0.2) is 28.2 Å². The van der Waals surface area contributed by atoms with Gasteiger partial charge in [-0.05, 0) is 31.9 Å². The predicted molar refractivity (Wildman–Crippen MR) is 81.4 cm³/mol. The fourth-order valence-electron chi connectivity index (χ4n) is 2.44. The van der Waals surface area contributed by atoms with Crippen molar-refractivity contribution in [2.45, 2.75) is 31.0 Å². The number of nitrogens with zero attached hydrogens (tertiary/aromatic N) is 2. The van der Waals surface area contributed by atoms with E-state index in [9.17, 15) is 4.79 Å². The van der Waals surface area contributed by atoms with Crippen molar-refractivity contribution in [2.75, 3.05) is 12.4 Å². The predicted octanol–water partition coefficient (Wildman–Crippen LogP) is 2.51. The summed E-state index contributed by atoms with van der Waals surface area (Å²) < 4.78 is 7.25. The molecule has 0 spiro atoms. The van der Waals surface area contributed by atoms with Crippen LogP contribution >= 0.6 is 11.8 Å². The van der Waals surface area contributed by atoms with E-state index in [1.807, 2.05) is 25.1 Å².